The Balaban J connectivity index is 1.35. The van der Waals surface area contributed by atoms with Crippen LogP contribution < -0.4 is 10.1 Å². The summed E-state index contributed by atoms with van der Waals surface area (Å²) in [6.45, 7) is 2.76. The lowest BCUT2D eigenvalue weighted by molar-refractivity contribution is 0.240. The van der Waals surface area contributed by atoms with Crippen LogP contribution in [0, 0.1) is 0 Å². The van der Waals surface area contributed by atoms with E-state index in [2.05, 4.69) is 27.4 Å². The highest BCUT2D eigenvalue weighted by atomic mass is 35.5. The highest BCUT2D eigenvalue weighted by Crippen LogP contribution is 2.34. The summed E-state index contributed by atoms with van der Waals surface area (Å²) in [5, 5.41) is 4.99. The molecule has 6 nitrogen and oxygen atoms in total. The first-order valence-corrected chi connectivity index (χ1v) is 12.5. The molecule has 4 aromatic rings. The number of benzene rings is 2. The SMILES string of the molecule is COc1ccc(/C=C/CN2CCc3c(c4cccc(Cl)c4n3C(=O)NCc3ccnc(Cl)c3)C2)cc1. The van der Waals surface area contributed by atoms with E-state index >= 15 is 0 Å². The monoisotopic (exact) mass is 520 g/mol. The third-order valence-electron chi connectivity index (χ3n) is 6.43. The number of ether oxygens (including phenoxy) is 1. The standard InChI is InChI=1S/C28H26Cl2N4O2/c1-36-21-9-7-19(8-10-21)4-3-14-33-15-12-25-23(18-33)22-5-2-6-24(29)27(22)34(25)28(35)32-17-20-11-13-31-26(30)16-20/h2-11,13,16H,12,14-15,17-18H2,1H3,(H,32,35)/b4-3+. The molecule has 0 bridgehead atoms. The number of carbonyl (C=O) groups excluding carboxylic acids is 1. The third kappa shape index (κ3) is 5.12. The minimum Gasteiger partial charge on any atom is -0.497 e. The van der Waals surface area contributed by atoms with Crippen LogP contribution in [0.15, 0.2) is 66.9 Å². The topological polar surface area (TPSA) is 59.4 Å². The molecule has 0 unspecified atom stereocenters. The Morgan fingerprint density at radius 3 is 2.78 bits per heavy atom. The number of methoxy groups -OCH3 is 1. The summed E-state index contributed by atoms with van der Waals surface area (Å²) in [4.78, 5) is 19.7. The van der Waals surface area contributed by atoms with Gasteiger partial charge >= 0.3 is 6.03 Å². The molecule has 36 heavy (non-hydrogen) atoms. The maximum Gasteiger partial charge on any atom is 0.326 e. The summed E-state index contributed by atoms with van der Waals surface area (Å²) in [5.41, 5.74) is 4.93. The Kier molecular flexibility index (Phi) is 7.28. The van der Waals surface area contributed by atoms with Gasteiger partial charge in [-0.3, -0.25) is 9.47 Å². The molecule has 0 fully saturated rings. The first-order valence-electron chi connectivity index (χ1n) is 11.8. The largest absolute Gasteiger partial charge is 0.497 e. The molecule has 0 saturated carbocycles. The Morgan fingerprint density at radius 2 is 2.00 bits per heavy atom. The second kappa shape index (κ2) is 10.7. The van der Waals surface area contributed by atoms with Crippen molar-refractivity contribution in [1.29, 1.82) is 0 Å². The van der Waals surface area contributed by atoms with Crippen LogP contribution in [0.2, 0.25) is 10.2 Å². The lowest BCUT2D eigenvalue weighted by Crippen LogP contribution is -2.34. The number of para-hydroxylation sites is 1. The van der Waals surface area contributed by atoms with Crippen molar-refractivity contribution in [1.82, 2.24) is 19.8 Å². The van der Waals surface area contributed by atoms with E-state index in [0.717, 1.165) is 65.1 Å². The van der Waals surface area contributed by atoms with Gasteiger partial charge in [-0.05, 0) is 47.0 Å². The van der Waals surface area contributed by atoms with Crippen LogP contribution in [0.3, 0.4) is 0 Å². The zero-order chi connectivity index (χ0) is 25.1. The van der Waals surface area contributed by atoms with E-state index in [-0.39, 0.29) is 6.03 Å². The number of hydrogen-bond donors (Lipinski definition) is 1. The Hall–Kier alpha value is -3.32. The zero-order valence-corrected chi connectivity index (χ0v) is 21.4. The number of carbonyl (C=O) groups is 1. The molecule has 0 saturated heterocycles. The average molecular weight is 521 g/mol. The molecule has 1 amide bonds. The van der Waals surface area contributed by atoms with E-state index in [1.165, 1.54) is 0 Å². The minimum atomic E-state index is -0.199. The van der Waals surface area contributed by atoms with Crippen LogP contribution in [-0.2, 0) is 19.5 Å². The van der Waals surface area contributed by atoms with Gasteiger partial charge in [-0.15, -0.1) is 0 Å². The number of fused-ring (bicyclic) bond motifs is 3. The maximum atomic E-state index is 13.4. The van der Waals surface area contributed by atoms with Gasteiger partial charge in [0.2, 0.25) is 0 Å². The van der Waals surface area contributed by atoms with Gasteiger partial charge in [-0.1, -0.05) is 59.6 Å². The van der Waals surface area contributed by atoms with Crippen molar-refractivity contribution in [2.24, 2.45) is 0 Å². The predicted octanol–water partition coefficient (Wildman–Crippen LogP) is 6.18. The van der Waals surface area contributed by atoms with Crippen LogP contribution in [0.4, 0.5) is 4.79 Å². The van der Waals surface area contributed by atoms with E-state index in [4.69, 9.17) is 27.9 Å². The van der Waals surface area contributed by atoms with E-state index < -0.39 is 0 Å². The molecule has 0 spiro atoms. The summed E-state index contributed by atoms with van der Waals surface area (Å²) in [5.74, 6) is 0.847. The fourth-order valence-electron chi connectivity index (χ4n) is 4.66. The second-order valence-corrected chi connectivity index (χ2v) is 9.50. The number of rotatable bonds is 6. The van der Waals surface area contributed by atoms with Crippen LogP contribution in [0.25, 0.3) is 17.0 Å². The summed E-state index contributed by atoms with van der Waals surface area (Å²) < 4.78 is 6.98. The summed E-state index contributed by atoms with van der Waals surface area (Å²) >= 11 is 12.6. The Bertz CT molecular complexity index is 1430. The van der Waals surface area contributed by atoms with Crippen LogP contribution >= 0.6 is 23.2 Å². The molecule has 5 rings (SSSR count). The van der Waals surface area contributed by atoms with E-state index in [9.17, 15) is 4.79 Å². The first-order chi connectivity index (χ1) is 17.5. The molecule has 2 aromatic heterocycles. The van der Waals surface area contributed by atoms with Crippen molar-refractivity contribution >= 4 is 46.2 Å². The zero-order valence-electron chi connectivity index (χ0n) is 19.9. The number of pyridine rings is 1. The Morgan fingerprint density at radius 1 is 1.17 bits per heavy atom. The minimum absolute atomic E-state index is 0.199. The number of hydrogen-bond acceptors (Lipinski definition) is 4. The Labute approximate surface area is 220 Å². The fourth-order valence-corrected chi connectivity index (χ4v) is 5.11. The smallest absolute Gasteiger partial charge is 0.326 e. The highest BCUT2D eigenvalue weighted by molar-refractivity contribution is 6.35. The molecular formula is C28H26Cl2N4O2. The van der Waals surface area contributed by atoms with Crippen molar-refractivity contribution in [3.63, 3.8) is 0 Å². The number of nitrogens with zero attached hydrogens (tertiary/aromatic N) is 3. The van der Waals surface area contributed by atoms with Gasteiger partial charge in [0.1, 0.15) is 10.9 Å². The maximum absolute atomic E-state index is 13.4. The molecule has 0 atom stereocenters. The number of nitrogens with one attached hydrogen (secondary N) is 1. The van der Waals surface area contributed by atoms with Crippen molar-refractivity contribution in [2.75, 3.05) is 20.2 Å². The molecule has 1 aliphatic rings. The van der Waals surface area contributed by atoms with Crippen LogP contribution in [-0.4, -0.2) is 40.7 Å². The van der Waals surface area contributed by atoms with Gasteiger partial charge in [-0.2, -0.15) is 0 Å². The lowest BCUT2D eigenvalue weighted by atomic mass is 10.0. The van der Waals surface area contributed by atoms with Gasteiger partial charge in [-0.25, -0.2) is 9.78 Å². The summed E-state index contributed by atoms with van der Waals surface area (Å²) in [7, 11) is 1.67. The molecule has 1 N–H and O–H groups in total. The molecule has 0 aliphatic carbocycles. The lowest BCUT2D eigenvalue weighted by Gasteiger charge is -2.27. The normalized spacial score (nSPS) is 13.8. The van der Waals surface area contributed by atoms with E-state index in [0.29, 0.717) is 16.7 Å². The quantitative estimate of drug-likeness (QED) is 0.308. The van der Waals surface area contributed by atoms with Gasteiger partial charge in [0.25, 0.3) is 0 Å². The number of halogens is 2. The fraction of sp³-hybridized carbons (Fsp3) is 0.214. The van der Waals surface area contributed by atoms with Crippen molar-refractivity contribution in [3.8, 4) is 5.75 Å². The van der Waals surface area contributed by atoms with Crippen LogP contribution in [0.1, 0.15) is 22.4 Å². The molecule has 1 aliphatic heterocycles. The van der Waals surface area contributed by atoms with E-state index in [1.807, 2.05) is 48.5 Å². The molecular weight excluding hydrogens is 495 g/mol. The molecule has 2 aromatic carbocycles. The van der Waals surface area contributed by atoms with Gasteiger partial charge in [0.05, 0.1) is 17.6 Å². The number of amides is 1. The van der Waals surface area contributed by atoms with Crippen LogP contribution in [0.5, 0.6) is 5.75 Å². The highest BCUT2D eigenvalue weighted by Gasteiger charge is 2.27. The van der Waals surface area contributed by atoms with Crippen molar-refractivity contribution in [3.05, 3.63) is 99.4 Å². The third-order valence-corrected chi connectivity index (χ3v) is 6.94. The van der Waals surface area contributed by atoms with Crippen molar-refractivity contribution in [2.45, 2.75) is 19.5 Å². The first kappa shape index (κ1) is 24.4. The molecule has 0 radical (unpaired) electrons. The van der Waals surface area contributed by atoms with Gasteiger partial charge in [0.15, 0.2) is 0 Å². The molecule has 8 heteroatoms. The van der Waals surface area contributed by atoms with Crippen molar-refractivity contribution < 1.29 is 9.53 Å². The van der Waals surface area contributed by atoms with Gasteiger partial charge < -0.3 is 10.1 Å². The molecule has 3 heterocycles. The summed E-state index contributed by atoms with van der Waals surface area (Å²) in [6.07, 6.45) is 6.68. The second-order valence-electron chi connectivity index (χ2n) is 8.70. The predicted molar refractivity (Wildman–Crippen MR) is 145 cm³/mol. The average Bonchev–Trinajstić information content (AvgIpc) is 3.23. The van der Waals surface area contributed by atoms with E-state index in [1.54, 1.807) is 23.9 Å². The summed E-state index contributed by atoms with van der Waals surface area (Å²) in [6, 6.07) is 17.2. The van der Waals surface area contributed by atoms with Gasteiger partial charge in [0, 0.05) is 49.9 Å². The molecule has 184 valence electrons. The number of aromatic nitrogens is 2.